The highest BCUT2D eigenvalue weighted by Gasteiger charge is 2.66. The van der Waals surface area contributed by atoms with Gasteiger partial charge in [-0.25, -0.2) is 24.0 Å². The number of fused-ring (bicyclic) bond motifs is 1. The third-order valence-electron chi connectivity index (χ3n) is 13.7. The number of carbonyl (C=O) groups is 5. The maximum atomic E-state index is 14.4. The van der Waals surface area contributed by atoms with Gasteiger partial charge in [0.15, 0.2) is 36.8 Å². The lowest BCUT2D eigenvalue weighted by Crippen LogP contribution is -2.72. The largest absolute Gasteiger partial charge is 0.452 e. The van der Waals surface area contributed by atoms with E-state index < -0.39 is 124 Å². The Kier molecular flexibility index (Phi) is 18.7. The summed E-state index contributed by atoms with van der Waals surface area (Å²) in [5.74, 6) is -3.22. The average molecular weight is 1120 g/mol. The molecule has 15 nitrogen and oxygen atoms in total. The van der Waals surface area contributed by atoms with Crippen LogP contribution in [0.25, 0.3) is 0 Å². The zero-order valence-electron chi connectivity index (χ0n) is 45.6. The monoisotopic (exact) mass is 1120 g/mol. The van der Waals surface area contributed by atoms with Crippen LogP contribution < -0.4 is 0 Å². The molecule has 5 aromatic carbocycles. The van der Waals surface area contributed by atoms with Crippen molar-refractivity contribution in [2.45, 2.75) is 138 Å². The highest BCUT2D eigenvalue weighted by molar-refractivity contribution is 7.99. The first-order valence-corrected chi connectivity index (χ1v) is 32.9. The van der Waals surface area contributed by atoms with Gasteiger partial charge in [-0.3, -0.25) is 0 Å². The van der Waals surface area contributed by atoms with Crippen LogP contribution in [0, 0.1) is 0 Å². The molecular weight excluding hydrogens is 1050 g/mol. The summed E-state index contributed by atoms with van der Waals surface area (Å²) < 4.78 is 66.8. The molecule has 0 spiro atoms. The van der Waals surface area contributed by atoms with Crippen molar-refractivity contribution in [1.29, 1.82) is 0 Å². The van der Waals surface area contributed by atoms with E-state index >= 15 is 0 Å². The molecule has 0 N–H and O–H groups in total. The van der Waals surface area contributed by atoms with Gasteiger partial charge in [-0.05, 0) is 72.5 Å². The number of carbonyl (C=O) groups excluding carboxylic acids is 5. The predicted molar refractivity (Wildman–Crippen MR) is 298 cm³/mol. The van der Waals surface area contributed by atoms with E-state index in [1.807, 2.05) is 0 Å². The summed E-state index contributed by atoms with van der Waals surface area (Å²) >= 11 is 1.37. The van der Waals surface area contributed by atoms with Crippen molar-refractivity contribution in [2.75, 3.05) is 19.0 Å². The van der Waals surface area contributed by atoms with Crippen LogP contribution in [0.15, 0.2) is 152 Å². The number of benzene rings is 5. The molecule has 414 valence electrons. The maximum absolute atomic E-state index is 14.4. The number of hydrogen-bond acceptors (Lipinski definition) is 16. The normalized spacial score (nSPS) is 25.1. The molecule has 3 fully saturated rings. The quantitative estimate of drug-likeness (QED) is 0.0487. The molecule has 5 aromatic rings. The molecule has 0 saturated carbocycles. The average Bonchev–Trinajstić information content (AvgIpc) is 3.59. The minimum absolute atomic E-state index is 0.00302. The number of ether oxygens (including phenoxy) is 8. The summed E-state index contributed by atoms with van der Waals surface area (Å²) in [6, 6.07) is 42.5. The van der Waals surface area contributed by atoms with Crippen LogP contribution in [-0.4, -0.2) is 126 Å². The summed E-state index contributed by atoms with van der Waals surface area (Å²) in [5, 5.41) is -1.04. The fraction of sp³-hybridized carbons (Fsp3) is 0.417. The van der Waals surface area contributed by atoms with E-state index in [-0.39, 0.29) is 34.4 Å². The first-order chi connectivity index (χ1) is 37.1. The van der Waals surface area contributed by atoms with E-state index in [2.05, 4.69) is 61.2 Å². The van der Waals surface area contributed by atoms with Gasteiger partial charge in [0.25, 0.3) is 0 Å². The van der Waals surface area contributed by atoms with Crippen LogP contribution in [0.5, 0.6) is 0 Å². The Bertz CT molecular complexity index is 2790. The zero-order valence-corrected chi connectivity index (χ0v) is 48.4. The minimum atomic E-state index is -3.33. The lowest BCUT2D eigenvalue weighted by Gasteiger charge is -2.57. The molecule has 8 rings (SSSR count). The summed E-state index contributed by atoms with van der Waals surface area (Å²) in [5.41, 5.74) is 0.00397. The topological polar surface area (TPSA) is 178 Å². The fourth-order valence-corrected chi connectivity index (χ4v) is 18.7. The number of thioether (sulfide) groups is 1. The number of esters is 5. The van der Waals surface area contributed by atoms with Gasteiger partial charge >= 0.3 is 38.4 Å². The Morgan fingerprint density at radius 1 is 0.513 bits per heavy atom. The summed E-state index contributed by atoms with van der Waals surface area (Å²) in [4.78, 5) is 71.7. The lowest BCUT2D eigenvalue weighted by atomic mass is 9.97. The van der Waals surface area contributed by atoms with Gasteiger partial charge in [0.1, 0.15) is 23.7 Å². The molecule has 0 aliphatic carbocycles. The van der Waals surface area contributed by atoms with Gasteiger partial charge in [0, 0.05) is 18.2 Å². The molecular formula is C60H70O15SSi2. The number of hydrogen-bond donors (Lipinski definition) is 0. The molecule has 0 bridgehead atoms. The van der Waals surface area contributed by atoms with Gasteiger partial charge in [0.05, 0.1) is 41.0 Å². The summed E-state index contributed by atoms with van der Waals surface area (Å²) in [7, 11) is -5.00. The van der Waals surface area contributed by atoms with E-state index in [0.717, 1.165) is 6.04 Å². The molecule has 0 unspecified atom stereocenters. The van der Waals surface area contributed by atoms with Crippen molar-refractivity contribution in [3.63, 3.8) is 0 Å². The summed E-state index contributed by atoms with van der Waals surface area (Å²) in [6.45, 7) is 18.6. The Balaban J connectivity index is 1.22. The Morgan fingerprint density at radius 2 is 0.885 bits per heavy atom. The smallest absolute Gasteiger partial charge is 0.349 e. The van der Waals surface area contributed by atoms with E-state index in [1.54, 1.807) is 152 Å². The highest BCUT2D eigenvalue weighted by atomic mass is 32.2. The standard InChI is InChI=1S/C60H70O15SSi2/c1-59(2,3)78(60(4,5)6)67-38-45-47(75-78)49(72-54(63)41-29-19-12-20-30-41)50(73-55(64)42-31-21-13-22-32-42)57(68-45)66-37-44-46(70-52(61)39-25-15-10-16-26-39)48(71-53(62)40-27-17-11-18-28-40)51(58(69-44)76-35-36-77(7,8)9)74-56(65)43-33-23-14-24-34-43/h10-34,44-51,57-58H,35-38H2,1-9H3/t44-,45-,46+,47+,48+,49+,50-,51-,57+,58+/m1/s1. The van der Waals surface area contributed by atoms with E-state index in [0.29, 0.717) is 5.75 Å². The van der Waals surface area contributed by atoms with Crippen LogP contribution in [0.2, 0.25) is 35.8 Å². The Labute approximate surface area is 463 Å². The minimum Gasteiger partial charge on any atom is -0.452 e. The zero-order chi connectivity index (χ0) is 55.8. The van der Waals surface area contributed by atoms with Gasteiger partial charge in [-0.2, -0.15) is 0 Å². The molecule has 18 heteroatoms. The molecule has 0 aromatic heterocycles. The van der Waals surface area contributed by atoms with Crippen LogP contribution in [0.1, 0.15) is 93.3 Å². The number of rotatable bonds is 17. The second-order valence-electron chi connectivity index (χ2n) is 22.8. The third kappa shape index (κ3) is 13.9. The van der Waals surface area contributed by atoms with Crippen molar-refractivity contribution >= 4 is 58.2 Å². The van der Waals surface area contributed by atoms with Crippen molar-refractivity contribution < 1.29 is 70.7 Å². The van der Waals surface area contributed by atoms with Gasteiger partial charge in [-0.15, -0.1) is 11.8 Å². The van der Waals surface area contributed by atoms with Crippen LogP contribution >= 0.6 is 11.8 Å². The van der Waals surface area contributed by atoms with Crippen molar-refractivity contribution in [3.05, 3.63) is 179 Å². The first kappa shape index (κ1) is 58.2. The molecule has 10 atom stereocenters. The molecule has 3 heterocycles. The molecule has 3 aliphatic rings. The van der Waals surface area contributed by atoms with Crippen LogP contribution in [0.4, 0.5) is 0 Å². The Morgan fingerprint density at radius 3 is 1.28 bits per heavy atom. The van der Waals surface area contributed by atoms with Crippen LogP contribution in [-0.2, 0) is 46.7 Å². The summed E-state index contributed by atoms with van der Waals surface area (Å²) in [6.07, 6.45) is -12.0. The van der Waals surface area contributed by atoms with Crippen LogP contribution in [0.3, 0.4) is 0 Å². The fourth-order valence-electron chi connectivity index (χ4n) is 9.93. The second kappa shape index (κ2) is 25.0. The van der Waals surface area contributed by atoms with Crippen molar-refractivity contribution in [1.82, 2.24) is 0 Å². The van der Waals surface area contributed by atoms with Gasteiger partial charge in [0.2, 0.25) is 0 Å². The van der Waals surface area contributed by atoms with Crippen molar-refractivity contribution in [3.8, 4) is 0 Å². The van der Waals surface area contributed by atoms with E-state index in [4.69, 9.17) is 46.7 Å². The Hall–Kier alpha value is -5.97. The van der Waals surface area contributed by atoms with Crippen molar-refractivity contribution in [2.24, 2.45) is 0 Å². The lowest BCUT2D eigenvalue weighted by molar-refractivity contribution is -0.316. The van der Waals surface area contributed by atoms with Gasteiger partial charge < -0.3 is 46.7 Å². The third-order valence-corrected chi connectivity index (χ3v) is 22.1. The molecule has 78 heavy (non-hydrogen) atoms. The molecule has 0 amide bonds. The van der Waals surface area contributed by atoms with E-state index in [1.165, 1.54) is 11.8 Å². The molecule has 3 aliphatic heterocycles. The maximum Gasteiger partial charge on any atom is 0.349 e. The predicted octanol–water partition coefficient (Wildman–Crippen LogP) is 11.1. The van der Waals surface area contributed by atoms with Gasteiger partial charge in [-0.1, -0.05) is 152 Å². The molecule has 0 radical (unpaired) electrons. The second-order valence-corrected chi connectivity index (χ2v) is 34.4. The first-order valence-electron chi connectivity index (χ1n) is 26.3. The van der Waals surface area contributed by atoms with E-state index in [9.17, 15) is 24.0 Å². The molecule has 3 saturated heterocycles. The highest BCUT2D eigenvalue weighted by Crippen LogP contribution is 2.55. The SMILES string of the molecule is CC(C)(C)[Si]1(C(C)(C)C)OC[C@H]2O[C@H](OC[C@H]3O[C@@H](SCC[Si](C)(C)C)[C@H](OC(=O)c4ccccc4)[C@@H](OC(=O)c4ccccc4)[C@H]3OC(=O)c3ccccc3)[C@H](OC(=O)c3ccccc3)[C@@H](OC(=O)c3ccccc3)[C@H]2O1.